The summed E-state index contributed by atoms with van der Waals surface area (Å²) in [7, 11) is 0. The monoisotopic (exact) mass is 336 g/mol. The van der Waals surface area contributed by atoms with Gasteiger partial charge in [-0.05, 0) is 30.7 Å². The summed E-state index contributed by atoms with van der Waals surface area (Å²) in [6.07, 6.45) is 4.24. The molecule has 0 unspecified atom stereocenters. The number of rotatable bonds is 2. The zero-order valence-corrected chi connectivity index (χ0v) is 13.9. The summed E-state index contributed by atoms with van der Waals surface area (Å²) in [6, 6.07) is 11.6. The van der Waals surface area contributed by atoms with Crippen LogP contribution in [0.2, 0.25) is 0 Å². The van der Waals surface area contributed by atoms with Crippen LogP contribution in [-0.4, -0.2) is 52.1 Å². The summed E-state index contributed by atoms with van der Waals surface area (Å²) < 4.78 is 0. The molecule has 0 radical (unpaired) electrons. The van der Waals surface area contributed by atoms with Crippen LogP contribution >= 0.6 is 0 Å². The number of carbonyl (C=O) groups is 1. The van der Waals surface area contributed by atoms with E-state index in [9.17, 15) is 4.79 Å². The lowest BCUT2D eigenvalue weighted by atomic mass is 10.3. The average Bonchev–Trinajstić information content (AvgIpc) is 2.91. The molecule has 2 N–H and O–H groups in total. The Hall–Kier alpha value is -3.09. The van der Waals surface area contributed by atoms with Crippen LogP contribution in [0.3, 0.4) is 0 Å². The zero-order chi connectivity index (χ0) is 17.1. The van der Waals surface area contributed by atoms with Crippen molar-refractivity contribution in [2.24, 2.45) is 0 Å². The molecule has 3 aromatic rings. The quantitative estimate of drug-likeness (QED) is 0.754. The van der Waals surface area contributed by atoms with Crippen LogP contribution in [0.25, 0.3) is 11.0 Å². The van der Waals surface area contributed by atoms with Crippen LogP contribution in [0.1, 0.15) is 6.42 Å². The van der Waals surface area contributed by atoms with Gasteiger partial charge in [0.2, 0.25) is 5.95 Å². The maximum Gasteiger partial charge on any atom is 0.321 e. The second-order valence-electron chi connectivity index (χ2n) is 6.08. The molecule has 1 aromatic carbocycles. The van der Waals surface area contributed by atoms with E-state index in [1.165, 1.54) is 0 Å². The smallest absolute Gasteiger partial charge is 0.321 e. The molecule has 7 heteroatoms. The van der Waals surface area contributed by atoms with E-state index in [1.807, 2.05) is 35.2 Å². The number of amides is 2. The van der Waals surface area contributed by atoms with Gasteiger partial charge in [0.25, 0.3) is 0 Å². The van der Waals surface area contributed by atoms with E-state index in [-0.39, 0.29) is 6.03 Å². The van der Waals surface area contributed by atoms with Crippen LogP contribution in [-0.2, 0) is 0 Å². The van der Waals surface area contributed by atoms with Crippen molar-refractivity contribution in [3.05, 3.63) is 48.8 Å². The third-order valence-electron chi connectivity index (χ3n) is 4.37. The predicted octanol–water partition coefficient (Wildman–Crippen LogP) is 2.70. The first kappa shape index (κ1) is 15.4. The molecule has 1 fully saturated rings. The van der Waals surface area contributed by atoms with E-state index in [1.54, 1.807) is 18.5 Å². The van der Waals surface area contributed by atoms with E-state index in [2.05, 4.69) is 25.2 Å². The number of anilines is 2. The van der Waals surface area contributed by atoms with Crippen molar-refractivity contribution in [2.45, 2.75) is 6.42 Å². The normalized spacial score (nSPS) is 15.2. The second kappa shape index (κ2) is 6.80. The van der Waals surface area contributed by atoms with Crippen molar-refractivity contribution in [3.63, 3.8) is 0 Å². The first-order valence-corrected chi connectivity index (χ1v) is 8.45. The summed E-state index contributed by atoms with van der Waals surface area (Å²) in [5, 5.41) is 2.90. The third kappa shape index (κ3) is 3.40. The van der Waals surface area contributed by atoms with Gasteiger partial charge in [-0.2, -0.15) is 0 Å². The standard InChI is InChI=1S/C18H20N6O/c25-18(20-14-5-3-8-19-13-14)24-10-4-9-23(11-12-24)17-21-15-6-1-2-7-16(15)22-17/h1-3,5-8,13H,4,9-12H2,(H,20,25)(H,21,22). The molecule has 3 heterocycles. The number of benzene rings is 1. The number of hydrogen-bond acceptors (Lipinski definition) is 4. The summed E-state index contributed by atoms with van der Waals surface area (Å²) in [6.45, 7) is 3.00. The first-order chi connectivity index (χ1) is 12.3. The molecule has 0 atom stereocenters. The number of aromatic nitrogens is 3. The molecular formula is C18H20N6O. The van der Waals surface area contributed by atoms with Crippen LogP contribution in [0, 0.1) is 0 Å². The van der Waals surface area contributed by atoms with E-state index < -0.39 is 0 Å². The average molecular weight is 336 g/mol. The summed E-state index contributed by atoms with van der Waals surface area (Å²) in [5.74, 6) is 0.871. The largest absolute Gasteiger partial charge is 0.341 e. The predicted molar refractivity (Wildman–Crippen MR) is 97.8 cm³/mol. The van der Waals surface area contributed by atoms with Crippen molar-refractivity contribution in [1.82, 2.24) is 19.9 Å². The fraction of sp³-hybridized carbons (Fsp3) is 0.278. The molecule has 0 bridgehead atoms. The van der Waals surface area contributed by atoms with Gasteiger partial charge < -0.3 is 20.1 Å². The van der Waals surface area contributed by atoms with Crippen molar-refractivity contribution in [3.8, 4) is 0 Å². The molecule has 0 saturated carbocycles. The SMILES string of the molecule is O=C(Nc1cccnc1)N1CCCN(c2nc3ccccc3[nH]2)CC1. The number of aromatic amines is 1. The van der Waals surface area contributed by atoms with E-state index >= 15 is 0 Å². The Morgan fingerprint density at radius 2 is 2.00 bits per heavy atom. The minimum atomic E-state index is -0.0838. The lowest BCUT2D eigenvalue weighted by Crippen LogP contribution is -2.38. The highest BCUT2D eigenvalue weighted by Crippen LogP contribution is 2.18. The maximum absolute atomic E-state index is 12.4. The Kier molecular flexibility index (Phi) is 4.20. The van der Waals surface area contributed by atoms with Crippen molar-refractivity contribution >= 4 is 28.7 Å². The number of hydrogen-bond donors (Lipinski definition) is 2. The van der Waals surface area contributed by atoms with Gasteiger partial charge in [0.1, 0.15) is 0 Å². The number of nitrogens with zero attached hydrogens (tertiary/aromatic N) is 4. The van der Waals surface area contributed by atoms with Crippen LogP contribution in [0.4, 0.5) is 16.4 Å². The van der Waals surface area contributed by atoms with Gasteiger partial charge in [0.15, 0.2) is 0 Å². The lowest BCUT2D eigenvalue weighted by molar-refractivity contribution is 0.215. The van der Waals surface area contributed by atoms with E-state index in [4.69, 9.17) is 0 Å². The highest BCUT2D eigenvalue weighted by molar-refractivity contribution is 5.89. The van der Waals surface area contributed by atoms with Crippen LogP contribution < -0.4 is 10.2 Å². The Labute approximate surface area is 145 Å². The van der Waals surface area contributed by atoms with E-state index in [0.717, 1.165) is 43.0 Å². The molecule has 7 nitrogen and oxygen atoms in total. The minimum absolute atomic E-state index is 0.0838. The van der Waals surface area contributed by atoms with E-state index in [0.29, 0.717) is 12.2 Å². The van der Waals surface area contributed by atoms with Crippen LogP contribution in [0.15, 0.2) is 48.8 Å². The number of H-pyrrole nitrogens is 1. The zero-order valence-electron chi connectivity index (χ0n) is 13.9. The summed E-state index contributed by atoms with van der Waals surface area (Å²) in [4.78, 5) is 28.5. The highest BCUT2D eigenvalue weighted by Gasteiger charge is 2.21. The Morgan fingerprint density at radius 3 is 2.84 bits per heavy atom. The van der Waals surface area contributed by atoms with Gasteiger partial charge in [0, 0.05) is 32.4 Å². The number of urea groups is 1. The molecule has 1 aliphatic rings. The molecular weight excluding hydrogens is 316 g/mol. The number of para-hydroxylation sites is 2. The molecule has 1 saturated heterocycles. The van der Waals surface area contributed by atoms with Gasteiger partial charge in [-0.25, -0.2) is 9.78 Å². The molecule has 1 aliphatic heterocycles. The van der Waals surface area contributed by atoms with Gasteiger partial charge in [-0.15, -0.1) is 0 Å². The molecule has 0 spiro atoms. The molecule has 2 aromatic heterocycles. The Morgan fingerprint density at radius 1 is 1.08 bits per heavy atom. The number of imidazole rings is 1. The topological polar surface area (TPSA) is 77.2 Å². The second-order valence-corrected chi connectivity index (χ2v) is 6.08. The lowest BCUT2D eigenvalue weighted by Gasteiger charge is -2.22. The minimum Gasteiger partial charge on any atom is -0.341 e. The maximum atomic E-state index is 12.4. The first-order valence-electron chi connectivity index (χ1n) is 8.45. The summed E-state index contributed by atoms with van der Waals surface area (Å²) in [5.41, 5.74) is 2.71. The molecule has 0 aliphatic carbocycles. The molecule has 2 amide bonds. The number of pyridine rings is 1. The fourth-order valence-electron chi connectivity index (χ4n) is 3.06. The fourth-order valence-corrected chi connectivity index (χ4v) is 3.06. The van der Waals surface area contributed by atoms with Gasteiger partial charge in [0.05, 0.1) is 22.9 Å². The van der Waals surface area contributed by atoms with Crippen molar-refractivity contribution in [2.75, 3.05) is 36.4 Å². The van der Waals surface area contributed by atoms with Gasteiger partial charge in [-0.3, -0.25) is 4.98 Å². The van der Waals surface area contributed by atoms with Crippen LogP contribution in [0.5, 0.6) is 0 Å². The number of carbonyl (C=O) groups excluding carboxylic acids is 1. The number of fused-ring (bicyclic) bond motifs is 1. The van der Waals surface area contributed by atoms with Crippen molar-refractivity contribution in [1.29, 1.82) is 0 Å². The Bertz CT molecular complexity index is 829. The molecule has 4 rings (SSSR count). The molecule has 128 valence electrons. The van der Waals surface area contributed by atoms with Gasteiger partial charge in [-0.1, -0.05) is 12.1 Å². The van der Waals surface area contributed by atoms with Crippen molar-refractivity contribution < 1.29 is 4.79 Å². The highest BCUT2D eigenvalue weighted by atomic mass is 16.2. The van der Waals surface area contributed by atoms with Gasteiger partial charge >= 0.3 is 6.03 Å². The summed E-state index contributed by atoms with van der Waals surface area (Å²) >= 11 is 0. The number of nitrogens with one attached hydrogen (secondary N) is 2. The third-order valence-corrected chi connectivity index (χ3v) is 4.37. The Balaban J connectivity index is 1.42. The molecule has 25 heavy (non-hydrogen) atoms.